The number of methoxy groups -OCH3 is 1. The maximum absolute atomic E-state index is 5.26. The molecule has 4 rings (SSSR count). The first-order valence-electron chi connectivity index (χ1n) is 10.3. The van der Waals surface area contributed by atoms with Gasteiger partial charge < -0.3 is 9.30 Å². The van der Waals surface area contributed by atoms with Crippen LogP contribution in [0.4, 0.5) is 0 Å². The highest BCUT2D eigenvalue weighted by atomic mass is 16.5. The van der Waals surface area contributed by atoms with Gasteiger partial charge in [0.05, 0.1) is 24.7 Å². The molecule has 3 nitrogen and oxygen atoms in total. The van der Waals surface area contributed by atoms with E-state index in [-0.39, 0.29) is 0 Å². The van der Waals surface area contributed by atoms with Gasteiger partial charge in [0.1, 0.15) is 11.6 Å². The molecule has 0 unspecified atom stereocenters. The van der Waals surface area contributed by atoms with Crippen LogP contribution in [0.3, 0.4) is 0 Å². The van der Waals surface area contributed by atoms with Crippen molar-refractivity contribution in [3.63, 3.8) is 0 Å². The van der Waals surface area contributed by atoms with E-state index >= 15 is 0 Å². The van der Waals surface area contributed by atoms with Crippen molar-refractivity contribution >= 4 is 23.2 Å². The molecule has 3 heteroatoms. The molecule has 1 heterocycles. The summed E-state index contributed by atoms with van der Waals surface area (Å²) in [6.45, 7) is 9.65. The minimum atomic E-state index is 0.809. The molecular formula is C27H28N2O. The van der Waals surface area contributed by atoms with Gasteiger partial charge >= 0.3 is 0 Å². The van der Waals surface area contributed by atoms with Crippen LogP contribution in [0.1, 0.15) is 39.2 Å². The summed E-state index contributed by atoms with van der Waals surface area (Å²) in [7, 11) is 1.68. The Morgan fingerprint density at radius 2 is 1.53 bits per heavy atom. The summed E-state index contributed by atoms with van der Waals surface area (Å²) < 4.78 is 7.58. The Morgan fingerprint density at radius 1 is 0.867 bits per heavy atom. The third-order valence-electron chi connectivity index (χ3n) is 6.06. The number of rotatable bonds is 5. The van der Waals surface area contributed by atoms with Crippen molar-refractivity contribution in [3.05, 3.63) is 93.8 Å². The van der Waals surface area contributed by atoms with Crippen LogP contribution < -0.4 is 4.74 Å². The van der Waals surface area contributed by atoms with Gasteiger partial charge in [-0.15, -0.1) is 0 Å². The van der Waals surface area contributed by atoms with Crippen LogP contribution in [0.25, 0.3) is 23.2 Å². The Morgan fingerprint density at radius 3 is 2.20 bits per heavy atom. The lowest BCUT2D eigenvalue weighted by Gasteiger charge is -2.17. The first kappa shape index (κ1) is 20.0. The molecule has 0 radical (unpaired) electrons. The summed E-state index contributed by atoms with van der Waals surface area (Å²) >= 11 is 0. The van der Waals surface area contributed by atoms with Gasteiger partial charge in [-0.25, -0.2) is 4.98 Å². The van der Waals surface area contributed by atoms with Crippen molar-refractivity contribution in [2.75, 3.05) is 7.11 Å². The molecule has 0 saturated carbocycles. The predicted octanol–water partition coefficient (Wildman–Crippen LogP) is 6.50. The summed E-state index contributed by atoms with van der Waals surface area (Å²) in [5, 5.41) is 0. The van der Waals surface area contributed by atoms with Crippen LogP contribution in [0.5, 0.6) is 5.75 Å². The molecule has 152 valence electrons. The van der Waals surface area contributed by atoms with E-state index in [1.165, 1.54) is 27.8 Å². The molecule has 1 aromatic heterocycles. The van der Waals surface area contributed by atoms with Gasteiger partial charge in [-0.2, -0.15) is 0 Å². The zero-order valence-corrected chi connectivity index (χ0v) is 18.4. The van der Waals surface area contributed by atoms with E-state index in [1.807, 2.05) is 18.2 Å². The molecule has 0 N–H and O–H groups in total. The van der Waals surface area contributed by atoms with Crippen molar-refractivity contribution in [2.24, 2.45) is 0 Å². The van der Waals surface area contributed by atoms with Crippen molar-refractivity contribution < 1.29 is 4.74 Å². The second-order valence-corrected chi connectivity index (χ2v) is 7.89. The van der Waals surface area contributed by atoms with E-state index in [0.717, 1.165) is 34.7 Å². The number of hydrogen-bond acceptors (Lipinski definition) is 2. The molecular weight excluding hydrogens is 368 g/mol. The molecule has 3 aromatic carbocycles. The van der Waals surface area contributed by atoms with E-state index in [9.17, 15) is 0 Å². The smallest absolute Gasteiger partial charge is 0.134 e. The zero-order valence-electron chi connectivity index (χ0n) is 18.4. The number of hydrogen-bond donors (Lipinski definition) is 0. The fourth-order valence-electron chi connectivity index (χ4n) is 3.97. The van der Waals surface area contributed by atoms with E-state index in [1.54, 1.807) is 7.11 Å². The Kier molecular flexibility index (Phi) is 5.45. The number of nitrogens with zero attached hydrogens (tertiary/aromatic N) is 2. The Balaban J connectivity index is 1.79. The summed E-state index contributed by atoms with van der Waals surface area (Å²) in [5.74, 6) is 1.82. The van der Waals surface area contributed by atoms with Gasteiger partial charge in [0.25, 0.3) is 0 Å². The number of imidazole rings is 1. The van der Waals surface area contributed by atoms with Gasteiger partial charge in [-0.3, -0.25) is 0 Å². The van der Waals surface area contributed by atoms with Crippen LogP contribution in [-0.2, 0) is 6.54 Å². The molecule has 0 amide bonds. The first-order chi connectivity index (χ1) is 14.5. The van der Waals surface area contributed by atoms with Crippen molar-refractivity contribution in [3.8, 4) is 5.75 Å². The second kappa shape index (κ2) is 8.19. The lowest BCUT2D eigenvalue weighted by Crippen LogP contribution is -2.07. The molecule has 0 saturated heterocycles. The highest BCUT2D eigenvalue weighted by Gasteiger charge is 2.14. The van der Waals surface area contributed by atoms with Gasteiger partial charge in [0.2, 0.25) is 0 Å². The molecule has 0 spiro atoms. The summed E-state index contributed by atoms with van der Waals surface area (Å²) in [4.78, 5) is 4.91. The molecule has 0 atom stereocenters. The quantitative estimate of drug-likeness (QED) is 0.385. The zero-order chi connectivity index (χ0) is 21.3. The normalized spacial score (nSPS) is 11.5. The van der Waals surface area contributed by atoms with Gasteiger partial charge in [-0.05, 0) is 91.4 Å². The van der Waals surface area contributed by atoms with E-state index in [4.69, 9.17) is 9.72 Å². The monoisotopic (exact) mass is 396 g/mol. The lowest BCUT2D eigenvalue weighted by atomic mass is 9.94. The van der Waals surface area contributed by atoms with Crippen LogP contribution in [-0.4, -0.2) is 16.7 Å². The fraction of sp³-hybridized carbons (Fsp3) is 0.222. The predicted molar refractivity (Wildman–Crippen MR) is 126 cm³/mol. The summed E-state index contributed by atoms with van der Waals surface area (Å²) in [5.41, 5.74) is 10.1. The maximum Gasteiger partial charge on any atom is 0.134 e. The van der Waals surface area contributed by atoms with E-state index in [2.05, 4.69) is 80.8 Å². The SMILES string of the molecule is COc1ccc(/C=C/c2nc3ccccc3n2Cc2c(C)c(C)cc(C)c2C)cc1. The number of para-hydroxylation sites is 2. The summed E-state index contributed by atoms with van der Waals surface area (Å²) in [6.07, 6.45) is 4.22. The maximum atomic E-state index is 5.26. The van der Waals surface area contributed by atoms with Gasteiger partial charge in [0, 0.05) is 0 Å². The van der Waals surface area contributed by atoms with Crippen molar-refractivity contribution in [1.82, 2.24) is 9.55 Å². The molecule has 0 aliphatic heterocycles. The minimum Gasteiger partial charge on any atom is -0.497 e. The van der Waals surface area contributed by atoms with Gasteiger partial charge in [0.15, 0.2) is 0 Å². The molecule has 0 aliphatic carbocycles. The standard InChI is InChI=1S/C27H28N2O/c1-18-16-19(2)21(4)24(20(18)3)17-29-26-9-7-6-8-25(26)28-27(29)15-12-22-10-13-23(30-5)14-11-22/h6-16H,17H2,1-5H3/b15-12+. The minimum absolute atomic E-state index is 0.809. The highest BCUT2D eigenvalue weighted by Crippen LogP contribution is 2.26. The van der Waals surface area contributed by atoms with Gasteiger partial charge in [-0.1, -0.05) is 36.4 Å². The topological polar surface area (TPSA) is 27.1 Å². The average Bonchev–Trinajstić information content (AvgIpc) is 3.11. The third-order valence-corrected chi connectivity index (χ3v) is 6.06. The molecule has 0 bridgehead atoms. The van der Waals surface area contributed by atoms with E-state index < -0.39 is 0 Å². The lowest BCUT2D eigenvalue weighted by molar-refractivity contribution is 0.415. The van der Waals surface area contributed by atoms with Crippen LogP contribution in [0.2, 0.25) is 0 Å². The Labute approximate surface area is 178 Å². The van der Waals surface area contributed by atoms with Crippen LogP contribution in [0.15, 0.2) is 54.6 Å². The van der Waals surface area contributed by atoms with Crippen LogP contribution >= 0.6 is 0 Å². The highest BCUT2D eigenvalue weighted by molar-refractivity contribution is 5.80. The van der Waals surface area contributed by atoms with Crippen LogP contribution in [0, 0.1) is 27.7 Å². The second-order valence-electron chi connectivity index (χ2n) is 7.89. The Bertz CT molecular complexity index is 1200. The largest absolute Gasteiger partial charge is 0.497 e. The summed E-state index contributed by atoms with van der Waals surface area (Å²) in [6, 6.07) is 18.7. The average molecular weight is 397 g/mol. The fourth-order valence-corrected chi connectivity index (χ4v) is 3.97. The molecule has 0 aliphatic rings. The van der Waals surface area contributed by atoms with E-state index in [0.29, 0.717) is 0 Å². The van der Waals surface area contributed by atoms with Crippen molar-refractivity contribution in [1.29, 1.82) is 0 Å². The Hall–Kier alpha value is -3.33. The number of benzene rings is 3. The van der Waals surface area contributed by atoms with Crippen molar-refractivity contribution in [2.45, 2.75) is 34.2 Å². The number of fused-ring (bicyclic) bond motifs is 1. The number of ether oxygens (including phenoxy) is 1. The first-order valence-corrected chi connectivity index (χ1v) is 10.3. The number of aryl methyl sites for hydroxylation is 2. The third kappa shape index (κ3) is 3.76. The number of aromatic nitrogens is 2. The molecule has 0 fully saturated rings. The molecule has 30 heavy (non-hydrogen) atoms. The molecule has 4 aromatic rings.